The lowest BCUT2D eigenvalue weighted by atomic mass is 9.72. The van der Waals surface area contributed by atoms with Gasteiger partial charge in [0.05, 0.1) is 18.4 Å². The first kappa shape index (κ1) is 17.1. The molecule has 1 saturated heterocycles. The van der Waals surface area contributed by atoms with Crippen LogP contribution in [0.3, 0.4) is 0 Å². The van der Waals surface area contributed by atoms with Crippen molar-refractivity contribution in [1.82, 2.24) is 9.80 Å². The molecule has 2 aliphatic rings. The molecule has 22 heavy (non-hydrogen) atoms. The Bertz CT molecular complexity index is 465. The molecule has 2 fully saturated rings. The van der Waals surface area contributed by atoms with Crippen LogP contribution in [0.4, 0.5) is 13.2 Å². The molecule has 0 bridgehead atoms. The van der Waals surface area contributed by atoms with Gasteiger partial charge in [0.15, 0.2) is 0 Å². The van der Waals surface area contributed by atoms with Gasteiger partial charge in [-0.3, -0.25) is 14.5 Å². The standard InChI is InChI=1S/C14H21F3N2O3/c1-13(2)7-18(8-14(15,16)17)5-6-19(13)11(20)9-3-4-10(9)12(21)22/h9-10H,3-8H2,1-2H3,(H,21,22)/t9-,10+/m1/s1. The number of carboxylic acid groups (broad SMARTS) is 1. The maximum Gasteiger partial charge on any atom is 0.401 e. The Kier molecular flexibility index (Phi) is 4.43. The zero-order valence-corrected chi connectivity index (χ0v) is 12.7. The lowest BCUT2D eigenvalue weighted by Crippen LogP contribution is -2.64. The Labute approximate surface area is 127 Å². The normalized spacial score (nSPS) is 29.0. The van der Waals surface area contributed by atoms with Crippen LogP contribution in [0.5, 0.6) is 0 Å². The van der Waals surface area contributed by atoms with Crippen LogP contribution in [0.2, 0.25) is 0 Å². The van der Waals surface area contributed by atoms with Crippen LogP contribution in [0.25, 0.3) is 0 Å². The fourth-order valence-corrected chi connectivity index (χ4v) is 3.34. The highest BCUT2D eigenvalue weighted by Crippen LogP contribution is 2.38. The molecular formula is C14H21F3N2O3. The Morgan fingerprint density at radius 2 is 1.77 bits per heavy atom. The van der Waals surface area contributed by atoms with E-state index in [4.69, 9.17) is 5.11 Å². The van der Waals surface area contributed by atoms with Gasteiger partial charge in [0.25, 0.3) is 0 Å². The van der Waals surface area contributed by atoms with Crippen LogP contribution in [0.1, 0.15) is 26.7 Å². The van der Waals surface area contributed by atoms with Gasteiger partial charge in [-0.2, -0.15) is 13.2 Å². The van der Waals surface area contributed by atoms with E-state index in [9.17, 15) is 22.8 Å². The number of amides is 1. The summed E-state index contributed by atoms with van der Waals surface area (Å²) in [4.78, 5) is 26.4. The van der Waals surface area contributed by atoms with E-state index in [-0.39, 0.29) is 25.5 Å². The molecule has 2 atom stereocenters. The summed E-state index contributed by atoms with van der Waals surface area (Å²) in [6, 6.07) is 0. The molecular weight excluding hydrogens is 301 g/mol. The van der Waals surface area contributed by atoms with Crippen LogP contribution < -0.4 is 0 Å². The highest BCUT2D eigenvalue weighted by molar-refractivity contribution is 5.87. The smallest absolute Gasteiger partial charge is 0.401 e. The average molecular weight is 322 g/mol. The number of hydrogen-bond acceptors (Lipinski definition) is 3. The van der Waals surface area contributed by atoms with Crippen molar-refractivity contribution in [3.05, 3.63) is 0 Å². The Hall–Kier alpha value is -1.31. The van der Waals surface area contributed by atoms with Crippen molar-refractivity contribution in [2.75, 3.05) is 26.2 Å². The first-order chi connectivity index (χ1) is 10.0. The molecule has 1 N–H and O–H groups in total. The molecule has 0 aromatic rings. The van der Waals surface area contributed by atoms with Gasteiger partial charge in [-0.1, -0.05) is 0 Å². The first-order valence-corrected chi connectivity index (χ1v) is 7.35. The van der Waals surface area contributed by atoms with Gasteiger partial charge in [-0.15, -0.1) is 0 Å². The topological polar surface area (TPSA) is 60.9 Å². The van der Waals surface area contributed by atoms with Crippen LogP contribution in [0, 0.1) is 11.8 Å². The molecule has 0 spiro atoms. The van der Waals surface area contributed by atoms with Crippen molar-refractivity contribution in [2.24, 2.45) is 11.8 Å². The van der Waals surface area contributed by atoms with E-state index < -0.39 is 36.1 Å². The van der Waals surface area contributed by atoms with Crippen LogP contribution in [0.15, 0.2) is 0 Å². The number of nitrogens with zero attached hydrogens (tertiary/aromatic N) is 2. The van der Waals surface area contributed by atoms with E-state index in [0.717, 1.165) is 0 Å². The SMILES string of the molecule is CC1(C)CN(CC(F)(F)F)CCN1C(=O)[C@@H]1CC[C@@H]1C(=O)O. The van der Waals surface area contributed by atoms with Crippen molar-refractivity contribution in [3.63, 3.8) is 0 Å². The van der Waals surface area contributed by atoms with E-state index in [0.29, 0.717) is 12.8 Å². The zero-order valence-electron chi connectivity index (χ0n) is 12.7. The minimum Gasteiger partial charge on any atom is -0.481 e. The molecule has 1 saturated carbocycles. The van der Waals surface area contributed by atoms with E-state index in [1.54, 1.807) is 18.7 Å². The fourth-order valence-electron chi connectivity index (χ4n) is 3.34. The number of halogens is 3. The van der Waals surface area contributed by atoms with Crippen LogP contribution in [-0.4, -0.2) is 64.7 Å². The number of hydrogen-bond donors (Lipinski definition) is 1. The summed E-state index contributed by atoms with van der Waals surface area (Å²) < 4.78 is 37.5. The maximum absolute atomic E-state index is 12.5. The van der Waals surface area contributed by atoms with Gasteiger partial charge >= 0.3 is 12.1 Å². The number of aliphatic carboxylic acids is 1. The molecule has 1 heterocycles. The van der Waals surface area contributed by atoms with Gasteiger partial charge in [-0.05, 0) is 26.7 Å². The first-order valence-electron chi connectivity index (χ1n) is 7.35. The number of rotatable bonds is 3. The largest absolute Gasteiger partial charge is 0.481 e. The summed E-state index contributed by atoms with van der Waals surface area (Å²) in [5.41, 5.74) is -0.737. The van der Waals surface area contributed by atoms with Crippen molar-refractivity contribution in [3.8, 4) is 0 Å². The Morgan fingerprint density at radius 3 is 2.18 bits per heavy atom. The third kappa shape index (κ3) is 3.53. The van der Waals surface area contributed by atoms with E-state index in [2.05, 4.69) is 0 Å². The summed E-state index contributed by atoms with van der Waals surface area (Å²) in [5, 5.41) is 9.05. The summed E-state index contributed by atoms with van der Waals surface area (Å²) in [6.07, 6.45) is -3.24. The van der Waals surface area contributed by atoms with Gasteiger partial charge < -0.3 is 10.0 Å². The second-order valence-electron chi connectivity index (χ2n) is 6.76. The summed E-state index contributed by atoms with van der Waals surface area (Å²) in [6.45, 7) is 2.94. The molecule has 5 nitrogen and oxygen atoms in total. The molecule has 1 aliphatic carbocycles. The van der Waals surface area contributed by atoms with Gasteiger partial charge in [-0.25, -0.2) is 0 Å². The summed E-state index contributed by atoms with van der Waals surface area (Å²) in [7, 11) is 0. The highest BCUT2D eigenvalue weighted by Gasteiger charge is 2.47. The third-order valence-electron chi connectivity index (χ3n) is 4.56. The quantitative estimate of drug-likeness (QED) is 0.857. The third-order valence-corrected chi connectivity index (χ3v) is 4.56. The number of piperazine rings is 1. The molecule has 1 aliphatic heterocycles. The second kappa shape index (κ2) is 5.72. The van der Waals surface area contributed by atoms with Crippen LogP contribution in [-0.2, 0) is 9.59 Å². The van der Waals surface area contributed by atoms with Crippen molar-refractivity contribution in [2.45, 2.75) is 38.4 Å². The van der Waals surface area contributed by atoms with Crippen molar-refractivity contribution >= 4 is 11.9 Å². The zero-order chi connectivity index (χ0) is 16.7. The van der Waals surface area contributed by atoms with E-state index in [1.807, 2.05) is 0 Å². The predicted molar refractivity (Wildman–Crippen MR) is 72.1 cm³/mol. The average Bonchev–Trinajstić information content (AvgIpc) is 2.21. The molecule has 1 amide bonds. The van der Waals surface area contributed by atoms with E-state index in [1.165, 1.54) is 4.90 Å². The van der Waals surface area contributed by atoms with Crippen LogP contribution >= 0.6 is 0 Å². The molecule has 0 radical (unpaired) electrons. The summed E-state index contributed by atoms with van der Waals surface area (Å²) >= 11 is 0. The predicted octanol–water partition coefficient (Wildman–Crippen LogP) is 1.58. The molecule has 0 aromatic heterocycles. The van der Waals surface area contributed by atoms with Gasteiger partial charge in [0, 0.05) is 25.2 Å². The fraction of sp³-hybridized carbons (Fsp3) is 0.857. The Balaban J connectivity index is 2.01. The molecule has 0 unspecified atom stereocenters. The Morgan fingerprint density at radius 1 is 1.18 bits per heavy atom. The van der Waals surface area contributed by atoms with Crippen molar-refractivity contribution < 1.29 is 27.9 Å². The molecule has 126 valence electrons. The minimum atomic E-state index is -4.26. The number of alkyl halides is 3. The maximum atomic E-state index is 12.5. The molecule has 2 rings (SSSR count). The minimum absolute atomic E-state index is 0.128. The molecule has 0 aromatic carbocycles. The lowest BCUT2D eigenvalue weighted by Gasteiger charge is -2.49. The second-order valence-corrected chi connectivity index (χ2v) is 6.76. The van der Waals surface area contributed by atoms with Crippen molar-refractivity contribution in [1.29, 1.82) is 0 Å². The number of carboxylic acids is 1. The number of carbonyl (C=O) groups excluding carboxylic acids is 1. The summed E-state index contributed by atoms with van der Waals surface area (Å²) in [5.74, 6) is -2.41. The highest BCUT2D eigenvalue weighted by atomic mass is 19.4. The van der Waals surface area contributed by atoms with E-state index >= 15 is 0 Å². The molecule has 8 heteroatoms. The monoisotopic (exact) mass is 322 g/mol. The number of carbonyl (C=O) groups is 2. The lowest BCUT2D eigenvalue weighted by molar-refractivity contribution is -0.168. The van der Waals surface area contributed by atoms with Gasteiger partial charge in [0.2, 0.25) is 5.91 Å². The van der Waals surface area contributed by atoms with Gasteiger partial charge in [0.1, 0.15) is 0 Å².